The normalized spacial score (nSPS) is 27.3. The highest BCUT2D eigenvalue weighted by molar-refractivity contribution is 5.87. The van der Waals surface area contributed by atoms with Gasteiger partial charge >= 0.3 is 0 Å². The molecule has 35 heavy (non-hydrogen) atoms. The molecule has 11 heteroatoms. The van der Waals surface area contributed by atoms with Gasteiger partial charge in [-0.3, -0.25) is 9.59 Å². The molecule has 4 rings (SSSR count). The van der Waals surface area contributed by atoms with Crippen molar-refractivity contribution in [1.82, 2.24) is 10.6 Å². The van der Waals surface area contributed by atoms with E-state index in [0.717, 1.165) is 23.7 Å². The molecule has 1 atom stereocenters. The Labute approximate surface area is 207 Å². The van der Waals surface area contributed by atoms with Crippen LogP contribution in [0.4, 0.5) is 0 Å². The van der Waals surface area contributed by atoms with Crippen molar-refractivity contribution in [3.05, 3.63) is 10.4 Å². The van der Waals surface area contributed by atoms with Crippen molar-refractivity contribution < 1.29 is 28.5 Å². The Balaban J connectivity index is 1.24. The Morgan fingerprint density at radius 3 is 2.14 bits per heavy atom. The number of azide groups is 1. The quantitative estimate of drug-likeness (QED) is 0.129. The Morgan fingerprint density at radius 2 is 1.54 bits per heavy atom. The van der Waals surface area contributed by atoms with E-state index in [4.69, 9.17) is 24.5 Å². The van der Waals surface area contributed by atoms with Gasteiger partial charge in [-0.05, 0) is 67.2 Å². The minimum absolute atomic E-state index is 0.138. The zero-order valence-corrected chi connectivity index (χ0v) is 20.9. The molecule has 4 aliphatic rings. The minimum atomic E-state index is -0.702. The molecule has 0 aromatic carbocycles. The highest BCUT2D eigenvalue weighted by atomic mass is 16.5. The third kappa shape index (κ3) is 9.24. The number of nitrogens with one attached hydrogen (secondary N) is 2. The molecule has 2 N–H and O–H groups in total. The first-order valence-electron chi connectivity index (χ1n) is 12.9. The van der Waals surface area contributed by atoms with E-state index in [1.165, 1.54) is 39.2 Å². The van der Waals surface area contributed by atoms with E-state index in [-0.39, 0.29) is 31.4 Å². The van der Waals surface area contributed by atoms with E-state index in [2.05, 4.69) is 20.7 Å². The van der Waals surface area contributed by atoms with Gasteiger partial charge in [0.15, 0.2) is 0 Å². The predicted octanol–water partition coefficient (Wildman–Crippen LogP) is 2.06. The maximum atomic E-state index is 12.8. The molecule has 0 aromatic rings. The molecule has 0 aliphatic heterocycles. The molecule has 4 bridgehead atoms. The first kappa shape index (κ1) is 27.7. The third-order valence-corrected chi connectivity index (χ3v) is 7.54. The first-order chi connectivity index (χ1) is 17.1. The van der Waals surface area contributed by atoms with Crippen LogP contribution in [0.25, 0.3) is 10.4 Å². The largest absolute Gasteiger partial charge is 0.382 e. The molecule has 0 saturated heterocycles. The van der Waals surface area contributed by atoms with Crippen LogP contribution in [-0.4, -0.2) is 84.3 Å². The number of methoxy groups -OCH3 is 1. The number of ether oxygens (including phenoxy) is 4. The standard InChI is InChI=1S/C24H41N5O6/c1-32-16-22(24(31)26-15-21-19-11-17-10-18(13-19)14-20(21)12-17)28-23(30)2-4-33-6-8-35-9-7-34-5-3-27-29-25/h17-22H,2-16H2,1H3,(H,26,31)(H,28,30)/t17?,18?,19?,20?,21?,22-/m0/s1. The number of hydrogen-bond donors (Lipinski definition) is 2. The zero-order chi connectivity index (χ0) is 24.9. The van der Waals surface area contributed by atoms with E-state index in [1.807, 2.05) is 0 Å². The zero-order valence-electron chi connectivity index (χ0n) is 20.9. The average Bonchev–Trinajstić information content (AvgIpc) is 2.83. The van der Waals surface area contributed by atoms with Crippen molar-refractivity contribution in [2.45, 2.75) is 44.6 Å². The highest BCUT2D eigenvalue weighted by Gasteiger charge is 2.48. The van der Waals surface area contributed by atoms with Gasteiger partial charge in [0.1, 0.15) is 6.04 Å². The molecule has 4 aliphatic carbocycles. The Hall–Kier alpha value is -1.91. The Morgan fingerprint density at radius 1 is 0.943 bits per heavy atom. The number of carbonyl (C=O) groups excluding carboxylic acids is 2. The van der Waals surface area contributed by atoms with Crippen molar-refractivity contribution in [1.29, 1.82) is 0 Å². The fraction of sp³-hybridized carbons (Fsp3) is 0.917. The SMILES string of the molecule is COC[C@H](NC(=O)CCOCCOCCOCCN=[N+]=[N-])C(=O)NCC1C2CC3CC(C2)CC1C3. The smallest absolute Gasteiger partial charge is 0.244 e. The second-order valence-corrected chi connectivity index (χ2v) is 9.96. The second kappa shape index (κ2) is 15.3. The third-order valence-electron chi connectivity index (χ3n) is 7.54. The lowest BCUT2D eigenvalue weighted by molar-refractivity contribution is -0.131. The molecule has 11 nitrogen and oxygen atoms in total. The Kier molecular flexibility index (Phi) is 12.1. The van der Waals surface area contributed by atoms with Gasteiger partial charge in [-0.2, -0.15) is 0 Å². The summed E-state index contributed by atoms with van der Waals surface area (Å²) in [6.07, 6.45) is 6.87. The molecule has 2 amide bonds. The van der Waals surface area contributed by atoms with Crippen molar-refractivity contribution in [2.24, 2.45) is 34.7 Å². The van der Waals surface area contributed by atoms with Crippen molar-refractivity contribution in [2.75, 3.05) is 66.4 Å². The minimum Gasteiger partial charge on any atom is -0.382 e. The molecule has 4 fully saturated rings. The second-order valence-electron chi connectivity index (χ2n) is 9.96. The van der Waals surface area contributed by atoms with E-state index < -0.39 is 6.04 Å². The summed E-state index contributed by atoms with van der Waals surface area (Å²) < 4.78 is 21.2. The summed E-state index contributed by atoms with van der Waals surface area (Å²) >= 11 is 0. The summed E-state index contributed by atoms with van der Waals surface area (Å²) in [5, 5.41) is 9.25. The van der Waals surface area contributed by atoms with Gasteiger partial charge in [0, 0.05) is 31.5 Å². The van der Waals surface area contributed by atoms with Crippen LogP contribution in [0.3, 0.4) is 0 Å². The van der Waals surface area contributed by atoms with Gasteiger partial charge in [-0.15, -0.1) is 0 Å². The molecule has 0 aromatic heterocycles. The van der Waals surface area contributed by atoms with Crippen molar-refractivity contribution in [3.63, 3.8) is 0 Å². The topological polar surface area (TPSA) is 144 Å². The van der Waals surface area contributed by atoms with E-state index in [9.17, 15) is 9.59 Å². The summed E-state index contributed by atoms with van der Waals surface area (Å²) in [6, 6.07) is -0.702. The molecule has 0 radical (unpaired) electrons. The summed E-state index contributed by atoms with van der Waals surface area (Å²) in [4.78, 5) is 27.8. The fourth-order valence-corrected chi connectivity index (χ4v) is 6.19. The maximum Gasteiger partial charge on any atom is 0.244 e. The van der Waals surface area contributed by atoms with Crippen LogP contribution in [0.15, 0.2) is 5.11 Å². The monoisotopic (exact) mass is 495 g/mol. The van der Waals surface area contributed by atoms with Crippen LogP contribution in [-0.2, 0) is 28.5 Å². The number of carbonyl (C=O) groups is 2. The van der Waals surface area contributed by atoms with E-state index in [1.54, 1.807) is 0 Å². The Bertz CT molecular complexity index is 689. The van der Waals surface area contributed by atoms with Gasteiger partial charge in [-0.1, -0.05) is 5.11 Å². The number of hydrogen-bond acceptors (Lipinski definition) is 7. The molecule has 4 saturated carbocycles. The van der Waals surface area contributed by atoms with Crippen LogP contribution in [0.5, 0.6) is 0 Å². The molecular weight excluding hydrogens is 454 g/mol. The summed E-state index contributed by atoms with van der Waals surface area (Å²) in [6.45, 7) is 3.32. The van der Waals surface area contributed by atoms with Gasteiger partial charge in [0.25, 0.3) is 0 Å². The molecule has 198 valence electrons. The van der Waals surface area contributed by atoms with Crippen LogP contribution < -0.4 is 10.6 Å². The summed E-state index contributed by atoms with van der Waals surface area (Å²) in [5.41, 5.74) is 8.15. The van der Waals surface area contributed by atoms with E-state index in [0.29, 0.717) is 52.0 Å². The molecular formula is C24H41N5O6. The van der Waals surface area contributed by atoms with Crippen molar-refractivity contribution >= 4 is 11.8 Å². The van der Waals surface area contributed by atoms with Crippen LogP contribution in [0, 0.1) is 29.6 Å². The first-order valence-corrected chi connectivity index (χ1v) is 12.9. The lowest BCUT2D eigenvalue weighted by atomic mass is 9.52. The van der Waals surface area contributed by atoms with Crippen LogP contribution >= 0.6 is 0 Å². The molecule has 0 spiro atoms. The fourth-order valence-electron chi connectivity index (χ4n) is 6.19. The summed E-state index contributed by atoms with van der Waals surface area (Å²) in [7, 11) is 1.53. The summed E-state index contributed by atoms with van der Waals surface area (Å²) in [5.74, 6) is 3.48. The van der Waals surface area contributed by atoms with Crippen LogP contribution in [0.2, 0.25) is 0 Å². The highest BCUT2D eigenvalue weighted by Crippen LogP contribution is 2.56. The van der Waals surface area contributed by atoms with Gasteiger partial charge in [-0.25, -0.2) is 0 Å². The maximum absolute atomic E-state index is 12.8. The lowest BCUT2D eigenvalue weighted by Crippen LogP contribution is -2.53. The van der Waals surface area contributed by atoms with Gasteiger partial charge in [0.05, 0.1) is 46.2 Å². The predicted molar refractivity (Wildman–Crippen MR) is 128 cm³/mol. The average molecular weight is 496 g/mol. The number of amides is 2. The van der Waals surface area contributed by atoms with Crippen molar-refractivity contribution in [3.8, 4) is 0 Å². The van der Waals surface area contributed by atoms with Gasteiger partial charge < -0.3 is 29.6 Å². The number of rotatable bonds is 18. The lowest BCUT2D eigenvalue weighted by Gasteiger charge is -2.54. The number of nitrogens with zero attached hydrogens (tertiary/aromatic N) is 3. The van der Waals surface area contributed by atoms with Crippen LogP contribution in [0.1, 0.15) is 38.5 Å². The molecule has 0 unspecified atom stereocenters. The van der Waals surface area contributed by atoms with Gasteiger partial charge in [0.2, 0.25) is 11.8 Å². The molecule has 0 heterocycles. The van der Waals surface area contributed by atoms with E-state index >= 15 is 0 Å².